The van der Waals surface area contributed by atoms with Gasteiger partial charge in [-0.25, -0.2) is 9.97 Å². The maximum Gasteiger partial charge on any atom is 0.187 e. The summed E-state index contributed by atoms with van der Waals surface area (Å²) in [7, 11) is 0. The zero-order valence-corrected chi connectivity index (χ0v) is 17.1. The molecule has 2 aliphatic heterocycles. The van der Waals surface area contributed by atoms with Crippen LogP contribution in [0.1, 0.15) is 56.9 Å². The van der Waals surface area contributed by atoms with Crippen molar-refractivity contribution in [2.24, 2.45) is 11.3 Å². The highest BCUT2D eigenvalue weighted by Crippen LogP contribution is 2.40. The third kappa shape index (κ3) is 4.60. The van der Waals surface area contributed by atoms with Crippen molar-refractivity contribution in [3.05, 3.63) is 18.0 Å². The maximum absolute atomic E-state index is 4.44. The molecule has 0 N–H and O–H groups in total. The van der Waals surface area contributed by atoms with E-state index in [1.54, 1.807) is 11.8 Å². The topological polar surface area (TPSA) is 32.3 Å². The minimum Gasteiger partial charge on any atom is -0.302 e. The van der Waals surface area contributed by atoms with Crippen LogP contribution in [0.3, 0.4) is 0 Å². The van der Waals surface area contributed by atoms with E-state index in [1.165, 1.54) is 89.7 Å². The molecular weight excluding hydrogens is 340 g/mol. The standard InChI is InChI=1S/C21H34N4S/c1-26-20-22-12-19(13-23-20)15-25-11-9-21(17-25)8-5-10-24(16-21)14-18-6-3-2-4-7-18/h12-13,18H,2-11,14-17H2,1H3. The molecule has 0 aromatic carbocycles. The number of piperidine rings is 1. The molecule has 3 aliphatic rings. The molecule has 3 heterocycles. The average molecular weight is 375 g/mol. The lowest BCUT2D eigenvalue weighted by molar-refractivity contribution is 0.0737. The average Bonchev–Trinajstić information content (AvgIpc) is 3.05. The zero-order chi connectivity index (χ0) is 17.8. The van der Waals surface area contributed by atoms with Crippen LogP contribution in [0.2, 0.25) is 0 Å². The lowest BCUT2D eigenvalue weighted by atomic mass is 9.78. The molecule has 1 saturated carbocycles. The van der Waals surface area contributed by atoms with Gasteiger partial charge in [-0.05, 0) is 62.8 Å². The fourth-order valence-corrected chi connectivity index (χ4v) is 5.80. The largest absolute Gasteiger partial charge is 0.302 e. The Labute approximate surface area is 163 Å². The van der Waals surface area contributed by atoms with Gasteiger partial charge in [-0.15, -0.1) is 0 Å². The Morgan fingerprint density at radius 2 is 1.77 bits per heavy atom. The molecule has 0 amide bonds. The second kappa shape index (κ2) is 8.57. The van der Waals surface area contributed by atoms with E-state index in [0.717, 1.165) is 17.6 Å². The van der Waals surface area contributed by atoms with Crippen LogP contribution < -0.4 is 0 Å². The molecule has 0 bridgehead atoms. The lowest BCUT2D eigenvalue weighted by Gasteiger charge is -2.42. The van der Waals surface area contributed by atoms with E-state index in [1.807, 2.05) is 18.6 Å². The van der Waals surface area contributed by atoms with Crippen LogP contribution in [0.4, 0.5) is 0 Å². The molecule has 0 radical (unpaired) electrons. The Bertz CT molecular complexity index is 572. The summed E-state index contributed by atoms with van der Waals surface area (Å²) in [6.07, 6.45) is 17.6. The highest BCUT2D eigenvalue weighted by molar-refractivity contribution is 7.98. The van der Waals surface area contributed by atoms with Gasteiger partial charge in [0.2, 0.25) is 0 Å². The van der Waals surface area contributed by atoms with Gasteiger partial charge in [-0.3, -0.25) is 4.90 Å². The molecule has 1 unspecified atom stereocenters. The van der Waals surface area contributed by atoms with Crippen molar-refractivity contribution in [3.8, 4) is 0 Å². The molecule has 26 heavy (non-hydrogen) atoms. The zero-order valence-electron chi connectivity index (χ0n) is 16.3. The van der Waals surface area contributed by atoms with Gasteiger partial charge in [0.1, 0.15) is 0 Å². The number of likely N-dealkylation sites (tertiary alicyclic amines) is 2. The normalized spacial score (nSPS) is 28.8. The van der Waals surface area contributed by atoms with Gasteiger partial charge in [0.05, 0.1) is 0 Å². The molecule has 1 aromatic heterocycles. The van der Waals surface area contributed by atoms with E-state index in [2.05, 4.69) is 19.8 Å². The molecule has 4 nitrogen and oxygen atoms in total. The van der Waals surface area contributed by atoms with Gasteiger partial charge in [-0.1, -0.05) is 31.0 Å². The highest BCUT2D eigenvalue weighted by atomic mass is 32.2. The van der Waals surface area contributed by atoms with E-state index in [9.17, 15) is 0 Å². The lowest BCUT2D eigenvalue weighted by Crippen LogP contribution is -2.46. The highest BCUT2D eigenvalue weighted by Gasteiger charge is 2.41. The van der Waals surface area contributed by atoms with Crippen molar-refractivity contribution in [1.29, 1.82) is 0 Å². The second-order valence-corrected chi connectivity index (χ2v) is 9.65. The predicted molar refractivity (Wildman–Crippen MR) is 108 cm³/mol. The number of hydrogen-bond donors (Lipinski definition) is 0. The van der Waals surface area contributed by atoms with Gasteiger partial charge >= 0.3 is 0 Å². The van der Waals surface area contributed by atoms with Crippen molar-refractivity contribution in [2.75, 3.05) is 39.0 Å². The molecule has 5 heteroatoms. The van der Waals surface area contributed by atoms with Crippen LogP contribution in [-0.2, 0) is 6.54 Å². The fraction of sp³-hybridized carbons (Fsp3) is 0.810. The van der Waals surface area contributed by atoms with Gasteiger partial charge in [0.15, 0.2) is 5.16 Å². The van der Waals surface area contributed by atoms with Gasteiger partial charge < -0.3 is 4.90 Å². The Hall–Kier alpha value is -0.650. The van der Waals surface area contributed by atoms with Crippen molar-refractivity contribution >= 4 is 11.8 Å². The Morgan fingerprint density at radius 1 is 1.00 bits per heavy atom. The first-order valence-corrected chi connectivity index (χ1v) is 11.8. The van der Waals surface area contributed by atoms with Gasteiger partial charge in [0.25, 0.3) is 0 Å². The number of thioether (sulfide) groups is 1. The second-order valence-electron chi connectivity index (χ2n) is 8.88. The molecule has 1 aromatic rings. The van der Waals surface area contributed by atoms with Crippen LogP contribution in [0.5, 0.6) is 0 Å². The number of nitrogens with zero attached hydrogens (tertiary/aromatic N) is 4. The summed E-state index contributed by atoms with van der Waals surface area (Å²) in [5, 5.41) is 0.872. The van der Waals surface area contributed by atoms with E-state index < -0.39 is 0 Å². The Kier molecular flexibility index (Phi) is 6.17. The third-order valence-electron chi connectivity index (χ3n) is 6.77. The molecule has 2 saturated heterocycles. The van der Waals surface area contributed by atoms with Crippen LogP contribution in [-0.4, -0.2) is 58.7 Å². The van der Waals surface area contributed by atoms with Crippen LogP contribution in [0.25, 0.3) is 0 Å². The molecule has 1 spiro atoms. The van der Waals surface area contributed by atoms with Crippen LogP contribution in [0.15, 0.2) is 17.6 Å². The number of hydrogen-bond acceptors (Lipinski definition) is 5. The quantitative estimate of drug-likeness (QED) is 0.573. The van der Waals surface area contributed by atoms with E-state index in [-0.39, 0.29) is 0 Å². The van der Waals surface area contributed by atoms with Gasteiger partial charge in [0, 0.05) is 44.1 Å². The Balaban J connectivity index is 1.30. The monoisotopic (exact) mass is 374 g/mol. The SMILES string of the molecule is CSc1ncc(CN2CCC3(CCCN(CC4CCCCC4)C3)C2)cn1. The summed E-state index contributed by atoms with van der Waals surface area (Å²) in [5.74, 6) is 0.975. The van der Waals surface area contributed by atoms with Crippen LogP contribution >= 0.6 is 11.8 Å². The molecule has 144 valence electrons. The predicted octanol–water partition coefficient (Wildman–Crippen LogP) is 4.07. The molecular formula is C21H34N4S. The summed E-state index contributed by atoms with van der Waals surface area (Å²) >= 11 is 1.61. The first-order valence-electron chi connectivity index (χ1n) is 10.5. The minimum absolute atomic E-state index is 0.549. The van der Waals surface area contributed by atoms with Crippen LogP contribution in [0, 0.1) is 11.3 Å². The van der Waals surface area contributed by atoms with Crippen molar-refractivity contribution in [3.63, 3.8) is 0 Å². The molecule has 1 atom stereocenters. The first kappa shape index (κ1) is 18.7. The van der Waals surface area contributed by atoms with E-state index in [0.29, 0.717) is 5.41 Å². The summed E-state index contributed by atoms with van der Waals surface area (Å²) < 4.78 is 0. The number of aromatic nitrogens is 2. The smallest absolute Gasteiger partial charge is 0.187 e. The van der Waals surface area contributed by atoms with E-state index >= 15 is 0 Å². The Morgan fingerprint density at radius 3 is 2.54 bits per heavy atom. The summed E-state index contributed by atoms with van der Waals surface area (Å²) in [4.78, 5) is 14.3. The van der Waals surface area contributed by atoms with Gasteiger partial charge in [-0.2, -0.15) is 0 Å². The first-order chi connectivity index (χ1) is 12.7. The third-order valence-corrected chi connectivity index (χ3v) is 7.35. The minimum atomic E-state index is 0.549. The molecule has 3 fully saturated rings. The van der Waals surface area contributed by atoms with E-state index in [4.69, 9.17) is 0 Å². The van der Waals surface area contributed by atoms with Crippen molar-refractivity contribution in [2.45, 2.75) is 63.1 Å². The van der Waals surface area contributed by atoms with Crippen molar-refractivity contribution in [1.82, 2.24) is 19.8 Å². The summed E-state index contributed by atoms with van der Waals surface area (Å²) in [6.45, 7) is 7.55. The molecule has 1 aliphatic carbocycles. The van der Waals surface area contributed by atoms with Crippen molar-refractivity contribution < 1.29 is 0 Å². The number of rotatable bonds is 5. The summed E-state index contributed by atoms with van der Waals surface area (Å²) in [6, 6.07) is 0. The molecule has 4 rings (SSSR count). The maximum atomic E-state index is 4.44. The summed E-state index contributed by atoms with van der Waals surface area (Å²) in [5.41, 5.74) is 1.81. The fourth-order valence-electron chi connectivity index (χ4n) is 5.48.